The molecule has 0 amide bonds. The van der Waals surface area contributed by atoms with Crippen LogP contribution in [-0.2, 0) is 0 Å². The van der Waals surface area contributed by atoms with Crippen LogP contribution < -0.4 is 9.31 Å². The minimum absolute atomic E-state index is 0.253. The third-order valence-corrected chi connectivity index (χ3v) is 4.68. The molecule has 0 N–H and O–H groups in total. The zero-order chi connectivity index (χ0) is 15.6. The van der Waals surface area contributed by atoms with Gasteiger partial charge in [0.1, 0.15) is 11.5 Å². The maximum Gasteiger partial charge on any atom is 0.658 e. The van der Waals surface area contributed by atoms with Crippen molar-refractivity contribution in [1.29, 1.82) is 0 Å². The molecule has 0 bridgehead atoms. The van der Waals surface area contributed by atoms with E-state index < -0.39 is 0 Å². The molecular formula is C12H4BCl6O2. The van der Waals surface area contributed by atoms with Gasteiger partial charge in [-0.2, -0.15) is 0 Å². The normalized spacial score (nSPS) is 10.4. The third-order valence-electron chi connectivity index (χ3n) is 2.28. The second kappa shape index (κ2) is 7.41. The van der Waals surface area contributed by atoms with E-state index in [1.165, 1.54) is 24.3 Å². The molecule has 2 rings (SSSR count). The van der Waals surface area contributed by atoms with Crippen LogP contribution in [0.4, 0.5) is 0 Å². The summed E-state index contributed by atoms with van der Waals surface area (Å²) in [7, 11) is 1.08. The van der Waals surface area contributed by atoms with E-state index in [0.29, 0.717) is 11.5 Å². The lowest BCUT2D eigenvalue weighted by Gasteiger charge is -2.09. The first-order chi connectivity index (χ1) is 9.88. The van der Waals surface area contributed by atoms with Gasteiger partial charge in [0.25, 0.3) is 0 Å². The van der Waals surface area contributed by atoms with Gasteiger partial charge in [0, 0.05) is 0 Å². The fourth-order valence-electron chi connectivity index (χ4n) is 1.34. The lowest BCUT2D eigenvalue weighted by molar-refractivity contribution is 0.459. The van der Waals surface area contributed by atoms with Crippen LogP contribution in [0.3, 0.4) is 0 Å². The molecule has 0 aromatic heterocycles. The van der Waals surface area contributed by atoms with Crippen molar-refractivity contribution in [3.63, 3.8) is 0 Å². The standard InChI is InChI=1S/C12H4BCl6O2/c14-7-1-5(2-8(15)11(7)18)20-13-21-6-3-9(16)12(19)10(17)4-6/h1-4H. The van der Waals surface area contributed by atoms with Crippen LogP contribution in [-0.4, -0.2) is 7.69 Å². The van der Waals surface area contributed by atoms with Crippen LogP contribution in [0.5, 0.6) is 11.5 Å². The van der Waals surface area contributed by atoms with E-state index in [1.54, 1.807) is 0 Å². The maximum absolute atomic E-state index is 5.87. The van der Waals surface area contributed by atoms with Crippen LogP contribution in [0.15, 0.2) is 24.3 Å². The molecule has 0 aliphatic rings. The Morgan fingerprint density at radius 3 is 1.14 bits per heavy atom. The zero-order valence-corrected chi connectivity index (χ0v) is 14.5. The van der Waals surface area contributed by atoms with Crippen LogP contribution >= 0.6 is 69.6 Å². The number of halogens is 6. The summed E-state index contributed by atoms with van der Waals surface area (Å²) in [5, 5.41) is 1.58. The zero-order valence-electron chi connectivity index (χ0n) is 9.97. The Hall–Kier alpha value is -0.155. The van der Waals surface area contributed by atoms with Gasteiger partial charge < -0.3 is 9.31 Å². The Bertz CT molecular complexity index is 575. The molecule has 9 heteroatoms. The first kappa shape index (κ1) is 17.2. The minimum atomic E-state index is 0.253. The van der Waals surface area contributed by atoms with E-state index >= 15 is 0 Å². The van der Waals surface area contributed by atoms with Gasteiger partial charge in [-0.05, 0) is 24.3 Å². The van der Waals surface area contributed by atoms with E-state index in [0.717, 1.165) is 7.69 Å². The number of benzene rings is 2. The van der Waals surface area contributed by atoms with Crippen molar-refractivity contribution in [2.24, 2.45) is 0 Å². The Morgan fingerprint density at radius 1 is 0.571 bits per heavy atom. The number of hydrogen-bond acceptors (Lipinski definition) is 2. The van der Waals surface area contributed by atoms with Gasteiger partial charge in [-0.25, -0.2) is 0 Å². The highest BCUT2D eigenvalue weighted by Crippen LogP contribution is 2.35. The molecule has 0 aliphatic carbocycles. The Kier molecular flexibility index (Phi) is 6.07. The topological polar surface area (TPSA) is 18.5 Å². The molecule has 21 heavy (non-hydrogen) atoms. The van der Waals surface area contributed by atoms with Gasteiger partial charge in [0.15, 0.2) is 0 Å². The summed E-state index contributed by atoms with van der Waals surface area (Å²) >= 11 is 35.1. The van der Waals surface area contributed by atoms with Crippen molar-refractivity contribution in [3.8, 4) is 11.5 Å². The Balaban J connectivity index is 2.02. The molecule has 0 aliphatic heterocycles. The molecule has 0 unspecified atom stereocenters. The van der Waals surface area contributed by atoms with Gasteiger partial charge >= 0.3 is 7.69 Å². The summed E-state index contributed by atoms with van der Waals surface area (Å²) < 4.78 is 10.5. The lowest BCUT2D eigenvalue weighted by Crippen LogP contribution is -2.11. The van der Waals surface area contributed by atoms with E-state index in [2.05, 4.69) is 0 Å². The smallest absolute Gasteiger partial charge is 0.526 e. The van der Waals surface area contributed by atoms with Gasteiger partial charge in [-0.15, -0.1) is 0 Å². The third kappa shape index (κ3) is 4.41. The summed E-state index contributed by atoms with van der Waals surface area (Å²) in [5.74, 6) is 0.723. The van der Waals surface area contributed by atoms with Crippen molar-refractivity contribution in [2.45, 2.75) is 0 Å². The Morgan fingerprint density at radius 2 is 0.857 bits per heavy atom. The Labute approximate surface area is 152 Å². The van der Waals surface area contributed by atoms with Crippen molar-refractivity contribution >= 4 is 77.3 Å². The highest BCUT2D eigenvalue weighted by Gasteiger charge is 2.11. The maximum atomic E-state index is 5.87. The lowest BCUT2D eigenvalue weighted by atomic mass is 10.3. The molecule has 0 atom stereocenters. The second-order valence-corrected chi connectivity index (χ2v) is 6.12. The summed E-state index contributed by atoms with van der Waals surface area (Å²) in [6, 6.07) is 5.99. The number of hydrogen-bond donors (Lipinski definition) is 0. The summed E-state index contributed by atoms with van der Waals surface area (Å²) in [4.78, 5) is 0. The molecule has 1 radical (unpaired) electrons. The monoisotopic (exact) mass is 401 g/mol. The highest BCUT2D eigenvalue weighted by atomic mass is 35.5. The van der Waals surface area contributed by atoms with Crippen LogP contribution in [0.1, 0.15) is 0 Å². The van der Waals surface area contributed by atoms with Gasteiger partial charge in [-0.1, -0.05) is 69.6 Å². The van der Waals surface area contributed by atoms with Gasteiger partial charge in [0.2, 0.25) is 0 Å². The highest BCUT2D eigenvalue weighted by molar-refractivity contribution is 6.48. The van der Waals surface area contributed by atoms with E-state index in [9.17, 15) is 0 Å². The SMILES string of the molecule is Clc1cc(O[B]Oc2cc(Cl)c(Cl)c(Cl)c2)cc(Cl)c1Cl. The second-order valence-electron chi connectivity index (χ2n) is 3.73. The molecule has 0 saturated heterocycles. The van der Waals surface area contributed by atoms with Crippen molar-refractivity contribution in [3.05, 3.63) is 54.4 Å². The molecule has 0 fully saturated rings. The molecule has 109 valence electrons. The molecule has 0 spiro atoms. The first-order valence-electron chi connectivity index (χ1n) is 5.32. The van der Waals surface area contributed by atoms with Crippen LogP contribution in [0.2, 0.25) is 30.1 Å². The molecule has 2 aromatic carbocycles. The fourth-order valence-corrected chi connectivity index (χ4v) is 2.49. The summed E-state index contributed by atoms with van der Waals surface area (Å²) in [6.45, 7) is 0. The average molecular weight is 404 g/mol. The van der Waals surface area contributed by atoms with Crippen LogP contribution in [0, 0.1) is 0 Å². The largest absolute Gasteiger partial charge is 0.658 e. The van der Waals surface area contributed by atoms with E-state index in [4.69, 9.17) is 78.9 Å². The average Bonchev–Trinajstić information content (AvgIpc) is 2.42. The summed E-state index contributed by atoms with van der Waals surface area (Å²) in [5.41, 5.74) is 0. The minimum Gasteiger partial charge on any atom is -0.526 e. The fraction of sp³-hybridized carbons (Fsp3) is 0. The van der Waals surface area contributed by atoms with Crippen molar-refractivity contribution in [1.82, 2.24) is 0 Å². The van der Waals surface area contributed by atoms with Gasteiger partial charge in [-0.3, -0.25) is 0 Å². The summed E-state index contributed by atoms with van der Waals surface area (Å²) in [6.07, 6.45) is 0. The molecule has 0 saturated carbocycles. The molecule has 0 heterocycles. The predicted octanol–water partition coefficient (Wildman–Crippen LogP) is 6.60. The molecule has 2 aromatic rings. The molecule has 2 nitrogen and oxygen atoms in total. The van der Waals surface area contributed by atoms with E-state index in [-0.39, 0.29) is 30.1 Å². The number of rotatable bonds is 4. The molecular weight excluding hydrogens is 400 g/mol. The van der Waals surface area contributed by atoms with Gasteiger partial charge in [0.05, 0.1) is 30.1 Å². The van der Waals surface area contributed by atoms with Crippen molar-refractivity contribution in [2.75, 3.05) is 0 Å². The van der Waals surface area contributed by atoms with E-state index in [1.807, 2.05) is 0 Å². The quantitative estimate of drug-likeness (QED) is 0.423. The first-order valence-corrected chi connectivity index (χ1v) is 7.59. The van der Waals surface area contributed by atoms with Crippen LogP contribution in [0.25, 0.3) is 0 Å². The predicted molar refractivity (Wildman–Crippen MR) is 90.0 cm³/mol. The van der Waals surface area contributed by atoms with Crippen molar-refractivity contribution < 1.29 is 9.31 Å².